The summed E-state index contributed by atoms with van der Waals surface area (Å²) in [6.07, 6.45) is 0.419. The van der Waals surface area contributed by atoms with Gasteiger partial charge in [0, 0.05) is 30.4 Å². The van der Waals surface area contributed by atoms with Crippen molar-refractivity contribution >= 4 is 33.3 Å². The second-order valence-corrected chi connectivity index (χ2v) is 10.6. The van der Waals surface area contributed by atoms with Crippen molar-refractivity contribution in [1.29, 1.82) is 0 Å². The van der Waals surface area contributed by atoms with E-state index in [1.165, 1.54) is 0 Å². The molecule has 2 aliphatic heterocycles. The van der Waals surface area contributed by atoms with E-state index in [9.17, 15) is 18.0 Å². The first kappa shape index (κ1) is 25.4. The molecule has 0 radical (unpaired) electrons. The predicted molar refractivity (Wildman–Crippen MR) is 132 cm³/mol. The van der Waals surface area contributed by atoms with Crippen LogP contribution >= 0.6 is 11.3 Å². The van der Waals surface area contributed by atoms with Crippen molar-refractivity contribution in [1.82, 2.24) is 29.6 Å². The molecule has 198 valence electrons. The van der Waals surface area contributed by atoms with E-state index < -0.39 is 12.0 Å². The largest absolute Gasteiger partial charge is 0.451 e. The molecule has 0 unspecified atom stereocenters. The Morgan fingerprint density at radius 3 is 2.76 bits per heavy atom. The number of fused-ring (bicyclic) bond motifs is 2. The first-order valence-electron chi connectivity index (χ1n) is 12.4. The molecule has 3 aromatic heterocycles. The van der Waals surface area contributed by atoms with Crippen LogP contribution < -0.4 is 9.64 Å². The van der Waals surface area contributed by atoms with Crippen LogP contribution in [0.15, 0.2) is 18.0 Å². The third kappa shape index (κ3) is 5.00. The molecule has 1 saturated heterocycles. The summed E-state index contributed by atoms with van der Waals surface area (Å²) in [4.78, 5) is 27.3. The molecule has 5 heterocycles. The molecule has 0 spiro atoms. The number of aryl methyl sites for hydroxylation is 1. The molecule has 13 heteroatoms. The van der Waals surface area contributed by atoms with E-state index in [1.807, 2.05) is 24.8 Å². The molecule has 3 aromatic rings. The topological polar surface area (TPSA) is 89.3 Å². The average molecular weight is 536 g/mol. The van der Waals surface area contributed by atoms with Gasteiger partial charge >= 0.3 is 12.2 Å². The Bertz CT molecular complexity index is 1350. The summed E-state index contributed by atoms with van der Waals surface area (Å²) in [5, 5.41) is 8.00. The maximum Gasteiger partial charge on any atom is 0.451 e. The van der Waals surface area contributed by atoms with Gasteiger partial charge in [-0.3, -0.25) is 4.79 Å². The molecule has 9 nitrogen and oxygen atoms in total. The van der Waals surface area contributed by atoms with Crippen LogP contribution in [0.1, 0.15) is 56.6 Å². The van der Waals surface area contributed by atoms with Gasteiger partial charge in [-0.2, -0.15) is 23.1 Å². The number of hydrogen-bond acceptors (Lipinski definition) is 8. The maximum atomic E-state index is 13.3. The summed E-state index contributed by atoms with van der Waals surface area (Å²) in [7, 11) is 0. The van der Waals surface area contributed by atoms with E-state index in [-0.39, 0.29) is 36.7 Å². The minimum absolute atomic E-state index is 0.0440. The molecule has 37 heavy (non-hydrogen) atoms. The fourth-order valence-electron chi connectivity index (χ4n) is 4.65. The molecule has 0 atom stereocenters. The number of allylic oxidation sites excluding steroid dienone is 1. The number of alkyl halides is 3. The highest BCUT2D eigenvalue weighted by Gasteiger charge is 2.40. The van der Waals surface area contributed by atoms with E-state index >= 15 is 0 Å². The molecular weight excluding hydrogens is 507 g/mol. The fraction of sp³-hybridized carbons (Fsp3) is 0.542. The normalized spacial score (nSPS) is 17.3. The van der Waals surface area contributed by atoms with Crippen LogP contribution in [0.3, 0.4) is 0 Å². The number of hydrogen-bond donors (Lipinski definition) is 0. The van der Waals surface area contributed by atoms with Gasteiger partial charge in [0.15, 0.2) is 5.82 Å². The summed E-state index contributed by atoms with van der Waals surface area (Å²) in [6, 6.07) is 2.17. The third-order valence-corrected chi connectivity index (χ3v) is 7.52. The number of likely N-dealkylation sites (tertiary alicyclic amines) is 1. The zero-order valence-corrected chi connectivity index (χ0v) is 21.7. The summed E-state index contributed by atoms with van der Waals surface area (Å²) in [5.41, 5.74) is 0.785. The maximum absolute atomic E-state index is 13.3. The fourth-order valence-corrected chi connectivity index (χ4v) is 5.77. The lowest BCUT2D eigenvalue weighted by atomic mass is 10.2. The summed E-state index contributed by atoms with van der Waals surface area (Å²) in [5.74, 6) is -0.247. The molecule has 0 N–H and O–H groups in total. The van der Waals surface area contributed by atoms with Crippen LogP contribution in [-0.4, -0.2) is 48.6 Å². The molecule has 0 saturated carbocycles. The minimum atomic E-state index is -4.56. The number of carbonyl (C=O) groups excluding carboxylic acids is 1. The molecular formula is C24H28F3N7O2S. The van der Waals surface area contributed by atoms with Crippen LogP contribution in [0.5, 0.6) is 6.01 Å². The zero-order chi connectivity index (χ0) is 26.3. The number of thiophene rings is 1. The second-order valence-electron chi connectivity index (χ2n) is 9.50. The van der Waals surface area contributed by atoms with E-state index in [1.54, 1.807) is 22.5 Å². The summed E-state index contributed by atoms with van der Waals surface area (Å²) >= 11 is 1.55. The van der Waals surface area contributed by atoms with Crippen molar-refractivity contribution in [2.24, 2.45) is 5.92 Å². The highest BCUT2D eigenvalue weighted by molar-refractivity contribution is 7.18. The molecule has 0 bridgehead atoms. The number of ether oxygens (including phenoxy) is 1. The zero-order valence-electron chi connectivity index (χ0n) is 20.9. The Labute approximate surface area is 216 Å². The van der Waals surface area contributed by atoms with Crippen molar-refractivity contribution in [2.75, 3.05) is 18.0 Å². The molecule has 1 amide bonds. The number of anilines is 1. The number of rotatable bonds is 6. The van der Waals surface area contributed by atoms with Gasteiger partial charge in [-0.15, -0.1) is 21.5 Å². The van der Waals surface area contributed by atoms with Crippen molar-refractivity contribution < 1.29 is 22.7 Å². The van der Waals surface area contributed by atoms with Gasteiger partial charge in [-0.25, -0.2) is 0 Å². The van der Waals surface area contributed by atoms with Gasteiger partial charge in [0.05, 0.1) is 17.6 Å². The van der Waals surface area contributed by atoms with E-state index in [0.29, 0.717) is 18.9 Å². The lowest BCUT2D eigenvalue weighted by Crippen LogP contribution is -2.36. The van der Waals surface area contributed by atoms with E-state index in [4.69, 9.17) is 4.74 Å². The third-order valence-electron chi connectivity index (χ3n) is 6.43. The van der Waals surface area contributed by atoms with Gasteiger partial charge in [0.2, 0.25) is 11.7 Å². The van der Waals surface area contributed by atoms with Crippen LogP contribution in [-0.2, 0) is 30.5 Å². The Kier molecular flexibility index (Phi) is 6.82. The van der Waals surface area contributed by atoms with Crippen LogP contribution in [0.25, 0.3) is 10.2 Å². The van der Waals surface area contributed by atoms with Gasteiger partial charge in [0.25, 0.3) is 0 Å². The lowest BCUT2D eigenvalue weighted by Gasteiger charge is -2.29. The quantitative estimate of drug-likeness (QED) is 0.420. The number of amides is 1. The Hall–Kier alpha value is -3.22. The van der Waals surface area contributed by atoms with E-state index in [2.05, 4.69) is 27.1 Å². The standard InChI is InChI=1S/C24H28F3N7O2S/c1-4-6-16-11-17-19(32-9-10-34-18(12-32)30-31-22(34)24(25,26)27)28-23(29-20(17)37-16)36-13-15-7-5-8-33(15)21(35)14(2)3/h11,13-14H,4-10,12H2,1-3H3/b15-13-. The monoisotopic (exact) mass is 535 g/mol. The van der Waals surface area contributed by atoms with Gasteiger partial charge in [0.1, 0.15) is 16.9 Å². The van der Waals surface area contributed by atoms with Crippen molar-refractivity contribution in [3.05, 3.63) is 34.6 Å². The van der Waals surface area contributed by atoms with Crippen LogP contribution in [0, 0.1) is 5.92 Å². The minimum Gasteiger partial charge on any atom is -0.430 e. The highest BCUT2D eigenvalue weighted by atomic mass is 32.1. The molecule has 0 aliphatic carbocycles. The molecule has 0 aromatic carbocycles. The summed E-state index contributed by atoms with van der Waals surface area (Å²) in [6.45, 7) is 6.99. The Balaban J connectivity index is 1.47. The second kappa shape index (κ2) is 9.92. The Morgan fingerprint density at radius 2 is 2.03 bits per heavy atom. The van der Waals surface area contributed by atoms with Crippen molar-refractivity contribution in [2.45, 2.75) is 65.7 Å². The number of aromatic nitrogens is 5. The molecule has 5 rings (SSSR count). The lowest BCUT2D eigenvalue weighted by molar-refractivity contribution is -0.147. The van der Waals surface area contributed by atoms with Crippen LogP contribution in [0.2, 0.25) is 0 Å². The number of carbonyl (C=O) groups is 1. The van der Waals surface area contributed by atoms with E-state index in [0.717, 1.165) is 51.0 Å². The summed E-state index contributed by atoms with van der Waals surface area (Å²) < 4.78 is 46.9. The average Bonchev–Trinajstić information content (AvgIpc) is 3.58. The predicted octanol–water partition coefficient (Wildman–Crippen LogP) is 4.77. The number of halogens is 3. The van der Waals surface area contributed by atoms with Crippen molar-refractivity contribution in [3.63, 3.8) is 0 Å². The smallest absolute Gasteiger partial charge is 0.430 e. The first-order chi connectivity index (χ1) is 17.7. The molecule has 1 fully saturated rings. The first-order valence-corrected chi connectivity index (χ1v) is 13.2. The molecule has 2 aliphatic rings. The van der Waals surface area contributed by atoms with Crippen molar-refractivity contribution in [3.8, 4) is 6.01 Å². The van der Waals surface area contributed by atoms with Gasteiger partial charge in [-0.05, 0) is 25.3 Å². The van der Waals surface area contributed by atoms with Gasteiger partial charge in [-0.1, -0.05) is 27.2 Å². The highest BCUT2D eigenvalue weighted by Crippen LogP contribution is 2.36. The SMILES string of the molecule is CCCc1cc2c(N3CCn4c(nnc4C(F)(F)F)C3)nc(O/C=C3/CCCN3C(=O)C(C)C)nc2s1. The van der Waals surface area contributed by atoms with Crippen LogP contribution in [0.4, 0.5) is 19.0 Å². The number of nitrogens with zero attached hydrogens (tertiary/aromatic N) is 7. The van der Waals surface area contributed by atoms with Gasteiger partial charge < -0.3 is 19.1 Å². The Morgan fingerprint density at radius 1 is 1.22 bits per heavy atom.